The van der Waals surface area contributed by atoms with Crippen LogP contribution in [0, 0.1) is 0 Å². The lowest BCUT2D eigenvalue weighted by Gasteiger charge is -2.24. The van der Waals surface area contributed by atoms with E-state index in [-0.39, 0.29) is 5.91 Å². The number of hydrogen-bond acceptors (Lipinski definition) is 5. The molecule has 1 saturated heterocycles. The van der Waals surface area contributed by atoms with Crippen LogP contribution in [0.2, 0.25) is 0 Å². The Bertz CT molecular complexity index is 561. The van der Waals surface area contributed by atoms with E-state index in [2.05, 4.69) is 22.4 Å². The van der Waals surface area contributed by atoms with Gasteiger partial charge in [-0.05, 0) is 18.4 Å². The second-order valence-corrected chi connectivity index (χ2v) is 5.42. The highest BCUT2D eigenvalue weighted by Gasteiger charge is 2.23. The predicted molar refractivity (Wildman–Crippen MR) is 86.5 cm³/mol. The summed E-state index contributed by atoms with van der Waals surface area (Å²) in [6.07, 6.45) is 2.05. The number of thiocarbonyl (C=S) groups is 1. The zero-order valence-electron chi connectivity index (χ0n) is 12.5. The molecular weight excluding hydrogens is 286 g/mol. The summed E-state index contributed by atoms with van der Waals surface area (Å²) in [6.45, 7) is 5.99. The van der Waals surface area contributed by atoms with Gasteiger partial charge < -0.3 is 16.0 Å². The number of rotatable bonds is 4. The van der Waals surface area contributed by atoms with Crippen molar-refractivity contribution in [1.82, 2.24) is 15.5 Å². The Labute approximate surface area is 130 Å². The van der Waals surface area contributed by atoms with Gasteiger partial charge in [0, 0.05) is 26.1 Å². The molecule has 1 amide bonds. The summed E-state index contributed by atoms with van der Waals surface area (Å²) in [5, 5.41) is 11.5. The third-order valence-electron chi connectivity index (χ3n) is 3.69. The number of anilines is 1. The molecule has 114 valence electrons. The fraction of sp³-hybridized carbons (Fsp3) is 0.571. The smallest absolute Gasteiger partial charge is 0.221 e. The number of nitrogens with two attached hydrogens (primary N) is 1. The minimum Gasteiger partial charge on any atom is -0.389 e. The maximum Gasteiger partial charge on any atom is 0.221 e. The van der Waals surface area contributed by atoms with E-state index in [0.29, 0.717) is 36.9 Å². The lowest BCUT2D eigenvalue weighted by Crippen LogP contribution is -2.32. The fourth-order valence-corrected chi connectivity index (χ4v) is 2.84. The van der Waals surface area contributed by atoms with Crippen LogP contribution in [0.4, 0.5) is 5.82 Å². The zero-order valence-corrected chi connectivity index (χ0v) is 13.3. The SMILES string of the molecule is CCc1nnc(N2CCNC(=O)CC2)c(C(N)=S)c1CC. The Morgan fingerprint density at radius 1 is 1.33 bits per heavy atom. The number of aryl methyl sites for hydroxylation is 1. The van der Waals surface area contributed by atoms with Gasteiger partial charge in [0.05, 0.1) is 11.3 Å². The molecule has 1 aromatic rings. The summed E-state index contributed by atoms with van der Waals surface area (Å²) in [5.41, 5.74) is 8.76. The standard InChI is InChI=1S/C14H21N5OS/c1-3-9-10(4-2)17-18-14(12(9)13(15)21)19-7-5-11(20)16-6-8-19/h3-8H2,1-2H3,(H2,15,21)(H,16,20). The van der Waals surface area contributed by atoms with Crippen molar-refractivity contribution in [2.45, 2.75) is 33.1 Å². The molecule has 0 bridgehead atoms. The molecule has 1 fully saturated rings. The lowest BCUT2D eigenvalue weighted by molar-refractivity contribution is -0.120. The molecule has 6 nitrogen and oxygen atoms in total. The van der Waals surface area contributed by atoms with Crippen LogP contribution in [-0.4, -0.2) is 40.7 Å². The number of nitrogens with zero attached hydrogens (tertiary/aromatic N) is 3. The minimum atomic E-state index is 0.0585. The van der Waals surface area contributed by atoms with Crippen LogP contribution in [0.1, 0.15) is 37.1 Å². The van der Waals surface area contributed by atoms with Crippen molar-refractivity contribution in [3.63, 3.8) is 0 Å². The number of amides is 1. The number of carbonyl (C=O) groups is 1. The van der Waals surface area contributed by atoms with Gasteiger partial charge in [-0.2, -0.15) is 5.10 Å². The van der Waals surface area contributed by atoms with Crippen molar-refractivity contribution in [2.24, 2.45) is 5.73 Å². The summed E-state index contributed by atoms with van der Waals surface area (Å²) in [6, 6.07) is 0. The zero-order chi connectivity index (χ0) is 15.4. The first-order valence-corrected chi connectivity index (χ1v) is 7.69. The molecule has 0 aromatic carbocycles. The Morgan fingerprint density at radius 2 is 2.10 bits per heavy atom. The molecule has 2 rings (SSSR count). The molecule has 0 unspecified atom stereocenters. The van der Waals surface area contributed by atoms with E-state index in [9.17, 15) is 4.79 Å². The summed E-state index contributed by atoms with van der Waals surface area (Å²) >= 11 is 5.24. The highest BCUT2D eigenvalue weighted by atomic mass is 32.1. The third-order valence-corrected chi connectivity index (χ3v) is 3.89. The van der Waals surface area contributed by atoms with Gasteiger partial charge >= 0.3 is 0 Å². The van der Waals surface area contributed by atoms with Crippen LogP contribution in [0.3, 0.4) is 0 Å². The fourth-order valence-electron chi connectivity index (χ4n) is 2.62. The molecule has 0 aliphatic carbocycles. The number of nitrogens with one attached hydrogen (secondary N) is 1. The summed E-state index contributed by atoms with van der Waals surface area (Å²) < 4.78 is 0. The third kappa shape index (κ3) is 3.29. The Balaban J connectivity index is 2.47. The first-order valence-electron chi connectivity index (χ1n) is 7.28. The van der Waals surface area contributed by atoms with E-state index in [4.69, 9.17) is 18.0 Å². The number of carbonyl (C=O) groups excluding carboxylic acids is 1. The van der Waals surface area contributed by atoms with Crippen molar-refractivity contribution >= 4 is 28.9 Å². The van der Waals surface area contributed by atoms with E-state index in [1.807, 2.05) is 11.8 Å². The Kier molecular flexibility index (Phi) is 5.06. The molecule has 0 saturated carbocycles. The Morgan fingerprint density at radius 3 is 2.71 bits per heavy atom. The van der Waals surface area contributed by atoms with Gasteiger partial charge in [0.15, 0.2) is 5.82 Å². The van der Waals surface area contributed by atoms with Gasteiger partial charge in [-0.15, -0.1) is 5.10 Å². The molecule has 2 heterocycles. The maximum atomic E-state index is 11.5. The monoisotopic (exact) mass is 307 g/mol. The molecule has 1 aromatic heterocycles. The maximum absolute atomic E-state index is 11.5. The molecule has 1 aliphatic heterocycles. The molecule has 7 heteroatoms. The van der Waals surface area contributed by atoms with Crippen molar-refractivity contribution in [3.05, 3.63) is 16.8 Å². The average Bonchev–Trinajstić information content (AvgIpc) is 2.70. The molecule has 3 N–H and O–H groups in total. The summed E-state index contributed by atoms with van der Waals surface area (Å²) in [4.78, 5) is 13.9. The predicted octanol–water partition coefficient (Wildman–Crippen LogP) is 0.562. The highest BCUT2D eigenvalue weighted by Crippen LogP contribution is 2.24. The van der Waals surface area contributed by atoms with E-state index in [0.717, 1.165) is 29.7 Å². The lowest BCUT2D eigenvalue weighted by atomic mass is 10.0. The van der Waals surface area contributed by atoms with Crippen LogP contribution in [-0.2, 0) is 17.6 Å². The van der Waals surface area contributed by atoms with Gasteiger partial charge in [-0.1, -0.05) is 26.1 Å². The van der Waals surface area contributed by atoms with Gasteiger partial charge in [0.1, 0.15) is 4.99 Å². The highest BCUT2D eigenvalue weighted by molar-refractivity contribution is 7.80. The molecule has 21 heavy (non-hydrogen) atoms. The van der Waals surface area contributed by atoms with E-state index < -0.39 is 0 Å². The van der Waals surface area contributed by atoms with Crippen LogP contribution in [0.25, 0.3) is 0 Å². The second kappa shape index (κ2) is 6.80. The minimum absolute atomic E-state index is 0.0585. The first-order chi connectivity index (χ1) is 10.1. The van der Waals surface area contributed by atoms with Crippen LogP contribution in [0.15, 0.2) is 0 Å². The van der Waals surface area contributed by atoms with Gasteiger partial charge in [0.2, 0.25) is 5.91 Å². The van der Waals surface area contributed by atoms with Crippen molar-refractivity contribution in [1.29, 1.82) is 0 Å². The average molecular weight is 307 g/mol. The van der Waals surface area contributed by atoms with Crippen LogP contribution in [0.5, 0.6) is 0 Å². The van der Waals surface area contributed by atoms with E-state index in [1.54, 1.807) is 0 Å². The second-order valence-electron chi connectivity index (χ2n) is 4.98. The largest absolute Gasteiger partial charge is 0.389 e. The van der Waals surface area contributed by atoms with Crippen LogP contribution >= 0.6 is 12.2 Å². The topological polar surface area (TPSA) is 84.1 Å². The molecule has 0 atom stereocenters. The van der Waals surface area contributed by atoms with Crippen molar-refractivity contribution < 1.29 is 4.79 Å². The first kappa shape index (κ1) is 15.6. The van der Waals surface area contributed by atoms with Crippen molar-refractivity contribution in [2.75, 3.05) is 24.5 Å². The molecule has 1 aliphatic rings. The van der Waals surface area contributed by atoms with Gasteiger partial charge in [0.25, 0.3) is 0 Å². The number of aromatic nitrogens is 2. The Hall–Kier alpha value is -1.76. The summed E-state index contributed by atoms with van der Waals surface area (Å²) in [7, 11) is 0. The van der Waals surface area contributed by atoms with Crippen molar-refractivity contribution in [3.8, 4) is 0 Å². The normalized spacial score (nSPS) is 15.5. The number of hydrogen-bond donors (Lipinski definition) is 2. The van der Waals surface area contributed by atoms with Gasteiger partial charge in [-0.3, -0.25) is 4.79 Å². The van der Waals surface area contributed by atoms with E-state index >= 15 is 0 Å². The molecule has 0 spiro atoms. The van der Waals surface area contributed by atoms with Gasteiger partial charge in [-0.25, -0.2) is 0 Å². The molecular formula is C14H21N5OS. The van der Waals surface area contributed by atoms with Crippen LogP contribution < -0.4 is 16.0 Å². The summed E-state index contributed by atoms with van der Waals surface area (Å²) in [5.74, 6) is 0.760. The quantitative estimate of drug-likeness (QED) is 0.791. The van der Waals surface area contributed by atoms with E-state index in [1.165, 1.54) is 0 Å². The molecule has 0 radical (unpaired) electrons.